The molecular weight excluding hydrogens is 512 g/mol. The van der Waals surface area contributed by atoms with Gasteiger partial charge in [0, 0.05) is 11.1 Å². The Balaban J connectivity index is 1.03. The van der Waals surface area contributed by atoms with E-state index < -0.39 is 0 Å². The minimum absolute atomic E-state index is 0.890. The maximum absolute atomic E-state index is 5.05. The molecule has 0 unspecified atom stereocenters. The van der Waals surface area contributed by atoms with Gasteiger partial charge in [-0.1, -0.05) is 84.9 Å². The summed E-state index contributed by atoms with van der Waals surface area (Å²) in [6, 6.07) is 44.1. The summed E-state index contributed by atoms with van der Waals surface area (Å²) in [5.41, 5.74) is 14.5. The number of hydrogen-bond acceptors (Lipinski definition) is 2. The van der Waals surface area contributed by atoms with Crippen LogP contribution >= 0.6 is 0 Å². The molecule has 0 amide bonds. The van der Waals surface area contributed by atoms with Crippen LogP contribution in [-0.4, -0.2) is 19.1 Å². The minimum atomic E-state index is 0.890. The van der Waals surface area contributed by atoms with Crippen LogP contribution in [0, 0.1) is 0 Å². The van der Waals surface area contributed by atoms with Gasteiger partial charge in [-0.2, -0.15) is 0 Å². The molecule has 4 heterocycles. The first-order valence-electron chi connectivity index (χ1n) is 14.5. The van der Waals surface area contributed by atoms with E-state index in [9.17, 15) is 0 Å². The highest BCUT2D eigenvalue weighted by atomic mass is 15.1. The molecular formula is C38H24N4. The van der Waals surface area contributed by atoms with Gasteiger partial charge in [0.1, 0.15) is 11.6 Å². The van der Waals surface area contributed by atoms with Gasteiger partial charge in [-0.15, -0.1) is 0 Å². The fraction of sp³-hybridized carbons (Fsp3) is 0.0526. The van der Waals surface area contributed by atoms with Crippen molar-refractivity contribution >= 4 is 32.8 Å². The number of benzene rings is 6. The fourth-order valence-electron chi connectivity index (χ4n) is 7.05. The van der Waals surface area contributed by atoms with Crippen LogP contribution in [0.5, 0.6) is 0 Å². The molecule has 8 aromatic rings. The Kier molecular flexibility index (Phi) is 4.26. The molecule has 0 aliphatic carbocycles. The third-order valence-corrected chi connectivity index (χ3v) is 9.18. The van der Waals surface area contributed by atoms with Gasteiger partial charge in [0.05, 0.1) is 35.2 Å². The molecule has 0 atom stereocenters. The molecule has 0 spiro atoms. The van der Waals surface area contributed by atoms with Crippen molar-refractivity contribution in [1.82, 2.24) is 19.1 Å². The highest BCUT2D eigenvalue weighted by Crippen LogP contribution is 2.38. The monoisotopic (exact) mass is 536 g/mol. The first-order chi connectivity index (χ1) is 20.8. The summed E-state index contributed by atoms with van der Waals surface area (Å²) in [5, 5.41) is 2.47. The largest absolute Gasteiger partial charge is 0.319 e. The average Bonchev–Trinajstić information content (AvgIpc) is 3.78. The van der Waals surface area contributed by atoms with E-state index >= 15 is 0 Å². The standard InChI is InChI=1S/C38H24N4/c1-3-7-31-28(5-1)21-41-35-15-13-26(19-33(35)39-37(31)41)24-11-9-23-10-12-25(18-30(23)17-24)27-14-16-36-34(20-27)40-38-32-8-4-2-6-29(32)22-42(36)38/h1-20H,21-22H2. The van der Waals surface area contributed by atoms with Gasteiger partial charge >= 0.3 is 0 Å². The van der Waals surface area contributed by atoms with Crippen LogP contribution in [0.2, 0.25) is 0 Å². The Morgan fingerprint density at radius 1 is 0.429 bits per heavy atom. The zero-order chi connectivity index (χ0) is 27.4. The number of imidazole rings is 2. The van der Waals surface area contributed by atoms with E-state index in [0.29, 0.717) is 0 Å². The lowest BCUT2D eigenvalue weighted by Crippen LogP contribution is -1.92. The van der Waals surface area contributed by atoms with Crippen molar-refractivity contribution in [2.75, 3.05) is 0 Å². The highest BCUT2D eigenvalue weighted by molar-refractivity contribution is 5.94. The normalized spacial score (nSPS) is 13.0. The first-order valence-corrected chi connectivity index (χ1v) is 14.5. The van der Waals surface area contributed by atoms with Crippen molar-refractivity contribution in [1.29, 1.82) is 0 Å². The molecule has 42 heavy (non-hydrogen) atoms. The Morgan fingerprint density at radius 2 is 0.881 bits per heavy atom. The van der Waals surface area contributed by atoms with Crippen LogP contribution in [0.4, 0.5) is 0 Å². The van der Waals surface area contributed by atoms with Crippen LogP contribution in [0.3, 0.4) is 0 Å². The van der Waals surface area contributed by atoms with Crippen molar-refractivity contribution in [3.8, 4) is 45.0 Å². The predicted molar refractivity (Wildman–Crippen MR) is 170 cm³/mol. The third kappa shape index (κ3) is 3.06. The Bertz CT molecular complexity index is 2260. The van der Waals surface area contributed by atoms with E-state index in [2.05, 4.69) is 130 Å². The summed E-state index contributed by atoms with van der Waals surface area (Å²) in [5.74, 6) is 2.15. The van der Waals surface area contributed by atoms with Gasteiger partial charge in [-0.3, -0.25) is 0 Å². The second-order valence-electron chi connectivity index (χ2n) is 11.5. The summed E-state index contributed by atoms with van der Waals surface area (Å²) < 4.78 is 4.67. The van der Waals surface area contributed by atoms with Gasteiger partial charge in [0.25, 0.3) is 0 Å². The third-order valence-electron chi connectivity index (χ3n) is 9.18. The van der Waals surface area contributed by atoms with Crippen LogP contribution in [0.15, 0.2) is 121 Å². The molecule has 0 N–H and O–H groups in total. The highest BCUT2D eigenvalue weighted by Gasteiger charge is 2.23. The van der Waals surface area contributed by atoms with E-state index in [4.69, 9.17) is 9.97 Å². The van der Waals surface area contributed by atoms with Gasteiger partial charge < -0.3 is 9.13 Å². The summed E-state index contributed by atoms with van der Waals surface area (Å²) >= 11 is 0. The molecule has 4 heteroatoms. The molecule has 2 aromatic heterocycles. The second kappa shape index (κ2) is 8.05. The summed E-state index contributed by atoms with van der Waals surface area (Å²) in [6.45, 7) is 1.78. The van der Waals surface area contributed by atoms with Gasteiger partial charge in [0.2, 0.25) is 0 Å². The molecule has 0 radical (unpaired) electrons. The fourth-order valence-corrected chi connectivity index (χ4v) is 7.05. The zero-order valence-electron chi connectivity index (χ0n) is 22.8. The SMILES string of the molecule is c1ccc2c(c1)Cn1c-2nc2cc(-c3ccc4ccc(-c5ccc6c(c5)nc5n6Cc6ccccc6-5)cc4c3)ccc21. The van der Waals surface area contributed by atoms with Crippen LogP contribution < -0.4 is 0 Å². The number of fused-ring (bicyclic) bond motifs is 11. The maximum atomic E-state index is 5.05. The van der Waals surface area contributed by atoms with E-state index in [0.717, 1.165) is 35.8 Å². The van der Waals surface area contributed by atoms with Crippen molar-refractivity contribution in [3.05, 3.63) is 132 Å². The quantitative estimate of drug-likeness (QED) is 0.221. The first kappa shape index (κ1) is 22.2. The van der Waals surface area contributed by atoms with Crippen molar-refractivity contribution in [2.45, 2.75) is 13.1 Å². The number of aromatic nitrogens is 4. The molecule has 0 bridgehead atoms. The number of hydrogen-bond donors (Lipinski definition) is 0. The Labute approximate surface area is 242 Å². The summed E-state index contributed by atoms with van der Waals surface area (Å²) in [6.07, 6.45) is 0. The molecule has 0 fully saturated rings. The molecule has 4 nitrogen and oxygen atoms in total. The zero-order valence-corrected chi connectivity index (χ0v) is 22.8. The van der Waals surface area contributed by atoms with E-state index in [1.165, 1.54) is 66.3 Å². The Morgan fingerprint density at radius 3 is 1.40 bits per heavy atom. The topological polar surface area (TPSA) is 35.6 Å². The number of rotatable bonds is 2. The van der Waals surface area contributed by atoms with Crippen molar-refractivity contribution in [2.24, 2.45) is 0 Å². The molecule has 2 aliphatic heterocycles. The smallest absolute Gasteiger partial charge is 0.141 e. The van der Waals surface area contributed by atoms with Crippen molar-refractivity contribution < 1.29 is 0 Å². The molecule has 10 rings (SSSR count). The lowest BCUT2D eigenvalue weighted by Gasteiger charge is -2.08. The maximum Gasteiger partial charge on any atom is 0.141 e. The van der Waals surface area contributed by atoms with Gasteiger partial charge in [-0.25, -0.2) is 9.97 Å². The van der Waals surface area contributed by atoms with Gasteiger partial charge in [0.15, 0.2) is 0 Å². The molecule has 196 valence electrons. The van der Waals surface area contributed by atoms with Crippen molar-refractivity contribution in [3.63, 3.8) is 0 Å². The van der Waals surface area contributed by atoms with E-state index in [-0.39, 0.29) is 0 Å². The lowest BCUT2D eigenvalue weighted by molar-refractivity contribution is 0.879. The molecule has 0 saturated heterocycles. The second-order valence-corrected chi connectivity index (χ2v) is 11.5. The van der Waals surface area contributed by atoms with Gasteiger partial charge in [-0.05, 0) is 80.6 Å². The summed E-state index contributed by atoms with van der Waals surface area (Å²) in [7, 11) is 0. The predicted octanol–water partition coefficient (Wildman–Crippen LogP) is 8.93. The van der Waals surface area contributed by atoms with Crippen LogP contribution in [0.25, 0.3) is 77.9 Å². The van der Waals surface area contributed by atoms with E-state index in [1.807, 2.05) is 0 Å². The molecule has 0 saturated carbocycles. The molecule has 6 aromatic carbocycles. The van der Waals surface area contributed by atoms with E-state index in [1.54, 1.807) is 0 Å². The minimum Gasteiger partial charge on any atom is -0.319 e. The van der Waals surface area contributed by atoms with Crippen LogP contribution in [-0.2, 0) is 13.1 Å². The summed E-state index contributed by atoms with van der Waals surface area (Å²) in [4.78, 5) is 10.1. The number of nitrogens with zero attached hydrogens (tertiary/aromatic N) is 4. The Hall–Kier alpha value is -5.48. The molecule has 2 aliphatic rings. The average molecular weight is 537 g/mol. The lowest BCUT2D eigenvalue weighted by atomic mass is 9.97. The van der Waals surface area contributed by atoms with Crippen LogP contribution in [0.1, 0.15) is 11.1 Å².